The fourth-order valence-corrected chi connectivity index (χ4v) is 3.73. The lowest BCUT2D eigenvalue weighted by Crippen LogP contribution is -2.28. The first kappa shape index (κ1) is 17.2. The number of rotatable bonds is 3. The Hall–Kier alpha value is -3.18. The van der Waals surface area contributed by atoms with Gasteiger partial charge in [-0.2, -0.15) is 0 Å². The third-order valence-electron chi connectivity index (χ3n) is 3.99. The summed E-state index contributed by atoms with van der Waals surface area (Å²) in [5.41, 5.74) is 3.28. The van der Waals surface area contributed by atoms with Gasteiger partial charge in [-0.25, -0.2) is 4.99 Å². The third-order valence-corrected chi connectivity index (χ3v) is 4.96. The monoisotopic (exact) mass is 371 g/mol. The van der Waals surface area contributed by atoms with Crippen LogP contribution in [0, 0.1) is 6.92 Å². The van der Waals surface area contributed by atoms with Gasteiger partial charge in [-0.1, -0.05) is 42.5 Å². The molecule has 2 aromatic carbocycles. The van der Waals surface area contributed by atoms with Gasteiger partial charge < -0.3 is 0 Å². The highest BCUT2D eigenvalue weighted by Crippen LogP contribution is 2.37. The van der Waals surface area contributed by atoms with E-state index in [1.54, 1.807) is 4.90 Å². The number of pyridine rings is 1. The minimum Gasteiger partial charge on any atom is -0.268 e. The first-order valence-corrected chi connectivity index (χ1v) is 9.39. The molecule has 0 aliphatic carbocycles. The van der Waals surface area contributed by atoms with Crippen LogP contribution in [0.15, 0.2) is 88.8 Å². The number of nitrogens with zero attached hydrogens (tertiary/aromatic N) is 3. The van der Waals surface area contributed by atoms with Crippen LogP contribution >= 0.6 is 11.8 Å². The van der Waals surface area contributed by atoms with E-state index >= 15 is 0 Å². The maximum Gasteiger partial charge on any atom is 0.271 e. The summed E-state index contributed by atoms with van der Waals surface area (Å²) in [7, 11) is 0. The number of para-hydroxylation sites is 2. The first-order valence-electron chi connectivity index (χ1n) is 8.57. The SMILES string of the molecule is Cc1cccc(C=C2SC(=Nc3ccccc3)N(c3ccccc3)C2=O)n1. The van der Waals surface area contributed by atoms with E-state index in [2.05, 4.69) is 4.98 Å². The number of aryl methyl sites for hydroxylation is 1. The Kier molecular flexibility index (Phi) is 4.85. The van der Waals surface area contributed by atoms with Gasteiger partial charge in [-0.15, -0.1) is 0 Å². The molecule has 2 heterocycles. The van der Waals surface area contributed by atoms with E-state index in [1.165, 1.54) is 11.8 Å². The number of carbonyl (C=O) groups is 1. The lowest BCUT2D eigenvalue weighted by Gasteiger charge is -2.15. The maximum absolute atomic E-state index is 13.1. The Morgan fingerprint density at radius 1 is 0.926 bits per heavy atom. The van der Waals surface area contributed by atoms with Crippen molar-refractivity contribution < 1.29 is 4.79 Å². The molecule has 1 aliphatic heterocycles. The van der Waals surface area contributed by atoms with Gasteiger partial charge >= 0.3 is 0 Å². The van der Waals surface area contributed by atoms with Crippen molar-refractivity contribution >= 4 is 40.3 Å². The Balaban J connectivity index is 1.77. The lowest BCUT2D eigenvalue weighted by atomic mass is 10.2. The van der Waals surface area contributed by atoms with Crippen LogP contribution in [0.25, 0.3) is 6.08 Å². The molecule has 3 aromatic rings. The molecule has 5 heteroatoms. The summed E-state index contributed by atoms with van der Waals surface area (Å²) in [5, 5.41) is 0.635. The van der Waals surface area contributed by atoms with Crippen molar-refractivity contribution in [1.29, 1.82) is 0 Å². The van der Waals surface area contributed by atoms with Crippen LogP contribution < -0.4 is 4.90 Å². The molecule has 0 spiro atoms. The van der Waals surface area contributed by atoms with E-state index in [4.69, 9.17) is 4.99 Å². The van der Waals surface area contributed by atoms with Gasteiger partial charge in [0.15, 0.2) is 5.17 Å². The summed E-state index contributed by atoms with van der Waals surface area (Å²) in [5.74, 6) is -0.0933. The van der Waals surface area contributed by atoms with Crippen LogP contribution in [0.4, 0.5) is 11.4 Å². The number of aliphatic imine (C=N–C) groups is 1. The highest BCUT2D eigenvalue weighted by molar-refractivity contribution is 8.19. The van der Waals surface area contributed by atoms with Crippen molar-refractivity contribution in [2.75, 3.05) is 4.90 Å². The number of amidine groups is 1. The van der Waals surface area contributed by atoms with Gasteiger partial charge in [-0.05, 0) is 61.2 Å². The van der Waals surface area contributed by atoms with Gasteiger partial charge in [0, 0.05) is 5.69 Å². The molecule has 0 radical (unpaired) electrons. The van der Waals surface area contributed by atoms with E-state index in [1.807, 2.05) is 91.9 Å². The lowest BCUT2D eigenvalue weighted by molar-refractivity contribution is -0.113. The average molecular weight is 371 g/mol. The van der Waals surface area contributed by atoms with Crippen molar-refractivity contribution in [3.05, 3.63) is 95.2 Å². The molecule has 4 nitrogen and oxygen atoms in total. The third kappa shape index (κ3) is 3.83. The molecule has 0 N–H and O–H groups in total. The maximum atomic E-state index is 13.1. The van der Waals surface area contributed by atoms with Crippen LogP contribution in [0.5, 0.6) is 0 Å². The number of thioether (sulfide) groups is 1. The molecule has 1 aliphatic rings. The van der Waals surface area contributed by atoms with E-state index in [0.717, 1.165) is 22.8 Å². The predicted molar refractivity (Wildman–Crippen MR) is 112 cm³/mol. The number of benzene rings is 2. The molecule has 1 amide bonds. The normalized spacial score (nSPS) is 17.1. The van der Waals surface area contributed by atoms with Gasteiger partial charge in [0.1, 0.15) is 0 Å². The average Bonchev–Trinajstić information content (AvgIpc) is 2.98. The highest BCUT2D eigenvalue weighted by atomic mass is 32.2. The van der Waals surface area contributed by atoms with E-state index < -0.39 is 0 Å². The molecule has 0 atom stereocenters. The molecular formula is C22H17N3OS. The first-order chi connectivity index (χ1) is 13.2. The Labute approximate surface area is 162 Å². The Bertz CT molecular complexity index is 1030. The summed E-state index contributed by atoms with van der Waals surface area (Å²) < 4.78 is 0. The standard InChI is InChI=1S/C22H17N3OS/c1-16-9-8-12-18(23-16)15-20-21(26)25(19-13-6-3-7-14-19)22(27-20)24-17-10-4-2-5-11-17/h2-15H,1H3. The van der Waals surface area contributed by atoms with E-state index in [0.29, 0.717) is 10.1 Å². The Morgan fingerprint density at radius 3 is 2.33 bits per heavy atom. The van der Waals surface area contributed by atoms with Crippen LogP contribution in [0.2, 0.25) is 0 Å². The second-order valence-corrected chi connectivity index (χ2v) is 7.03. The van der Waals surface area contributed by atoms with Gasteiger partial charge in [0.2, 0.25) is 0 Å². The molecule has 1 fully saturated rings. The molecule has 1 aromatic heterocycles. The van der Waals surface area contributed by atoms with Gasteiger partial charge in [-0.3, -0.25) is 14.7 Å². The molecule has 0 saturated carbocycles. The molecule has 132 valence electrons. The molecule has 0 unspecified atom stereocenters. The molecule has 4 rings (SSSR count). The topological polar surface area (TPSA) is 45.6 Å². The molecular weight excluding hydrogens is 354 g/mol. The molecule has 0 bridgehead atoms. The van der Waals surface area contributed by atoms with Crippen LogP contribution in [0.3, 0.4) is 0 Å². The minimum absolute atomic E-state index is 0.0933. The van der Waals surface area contributed by atoms with Gasteiger partial charge in [0.05, 0.1) is 22.0 Å². The van der Waals surface area contributed by atoms with Gasteiger partial charge in [0.25, 0.3) is 5.91 Å². The highest BCUT2D eigenvalue weighted by Gasteiger charge is 2.34. The summed E-state index contributed by atoms with van der Waals surface area (Å²) in [6.07, 6.45) is 1.82. The molecule has 27 heavy (non-hydrogen) atoms. The number of amides is 1. The van der Waals surface area contributed by atoms with Crippen molar-refractivity contribution in [3.8, 4) is 0 Å². The minimum atomic E-state index is -0.0933. The zero-order valence-corrected chi connectivity index (χ0v) is 15.6. The summed E-state index contributed by atoms with van der Waals surface area (Å²) in [4.78, 5) is 24.6. The fraction of sp³-hybridized carbons (Fsp3) is 0.0455. The number of hydrogen-bond donors (Lipinski definition) is 0. The number of hydrogen-bond acceptors (Lipinski definition) is 4. The van der Waals surface area contributed by atoms with Crippen LogP contribution in [-0.4, -0.2) is 16.1 Å². The fourth-order valence-electron chi connectivity index (χ4n) is 2.75. The Morgan fingerprint density at radius 2 is 1.63 bits per heavy atom. The zero-order chi connectivity index (χ0) is 18.6. The number of anilines is 1. The largest absolute Gasteiger partial charge is 0.271 e. The number of carbonyl (C=O) groups excluding carboxylic acids is 1. The smallest absolute Gasteiger partial charge is 0.268 e. The van der Waals surface area contributed by atoms with E-state index in [9.17, 15) is 4.79 Å². The van der Waals surface area contributed by atoms with Crippen molar-refractivity contribution in [1.82, 2.24) is 4.98 Å². The van der Waals surface area contributed by atoms with E-state index in [-0.39, 0.29) is 5.91 Å². The van der Waals surface area contributed by atoms with Crippen molar-refractivity contribution in [3.63, 3.8) is 0 Å². The quantitative estimate of drug-likeness (QED) is 0.595. The number of aromatic nitrogens is 1. The zero-order valence-electron chi connectivity index (χ0n) is 14.7. The van der Waals surface area contributed by atoms with Crippen LogP contribution in [-0.2, 0) is 4.79 Å². The summed E-state index contributed by atoms with van der Waals surface area (Å²) in [6, 6.07) is 25.0. The molecule has 1 saturated heterocycles. The second-order valence-electron chi connectivity index (χ2n) is 6.02. The van der Waals surface area contributed by atoms with Crippen LogP contribution in [0.1, 0.15) is 11.4 Å². The van der Waals surface area contributed by atoms with Crippen molar-refractivity contribution in [2.45, 2.75) is 6.92 Å². The summed E-state index contributed by atoms with van der Waals surface area (Å²) in [6.45, 7) is 1.93. The summed E-state index contributed by atoms with van der Waals surface area (Å²) >= 11 is 1.36. The predicted octanol–water partition coefficient (Wildman–Crippen LogP) is 5.20. The second kappa shape index (κ2) is 7.60. The van der Waals surface area contributed by atoms with Crippen molar-refractivity contribution in [2.24, 2.45) is 4.99 Å².